The topological polar surface area (TPSA) is 76.0 Å². The van der Waals surface area contributed by atoms with Crippen molar-refractivity contribution in [2.45, 2.75) is 69.6 Å². The Kier molecular flexibility index (Phi) is 7.26. The SMILES string of the molecule is CCCCOc1cccc(N2C(=NC(=O)CC3CCCCC3)S[C@@H]3CS(=O)(=O)C[C@H]32)c1. The number of fused-ring (bicyclic) bond motifs is 1. The fourth-order valence-electron chi connectivity index (χ4n) is 4.71. The fraction of sp³-hybridized carbons (Fsp3) is 0.652. The van der Waals surface area contributed by atoms with E-state index in [0.717, 1.165) is 37.1 Å². The highest BCUT2D eigenvalue weighted by Crippen LogP contribution is 2.42. The average Bonchev–Trinajstić information content (AvgIpc) is 3.19. The molecule has 0 unspecified atom stereocenters. The van der Waals surface area contributed by atoms with Crippen molar-refractivity contribution in [1.29, 1.82) is 0 Å². The van der Waals surface area contributed by atoms with E-state index in [1.165, 1.54) is 31.0 Å². The van der Waals surface area contributed by atoms with Crippen LogP contribution in [0.5, 0.6) is 5.75 Å². The Morgan fingerprint density at radius 2 is 2.03 bits per heavy atom. The van der Waals surface area contributed by atoms with Crippen LogP contribution in [-0.4, -0.2) is 48.9 Å². The molecule has 1 aliphatic carbocycles. The van der Waals surface area contributed by atoms with Crippen LogP contribution in [0.4, 0.5) is 5.69 Å². The summed E-state index contributed by atoms with van der Waals surface area (Å²) in [4.78, 5) is 19.2. The molecule has 2 heterocycles. The molecule has 1 aromatic carbocycles. The number of rotatable bonds is 7. The number of amides is 1. The number of nitrogens with zero attached hydrogens (tertiary/aromatic N) is 2. The number of aliphatic imine (C=N–C) groups is 1. The number of carbonyl (C=O) groups excluding carboxylic acids is 1. The Morgan fingerprint density at radius 3 is 2.81 bits per heavy atom. The van der Waals surface area contributed by atoms with E-state index in [2.05, 4.69) is 11.9 Å². The van der Waals surface area contributed by atoms with Crippen LogP contribution in [0.1, 0.15) is 58.3 Å². The van der Waals surface area contributed by atoms with Crippen LogP contribution in [0, 0.1) is 5.92 Å². The van der Waals surface area contributed by atoms with Gasteiger partial charge in [-0.2, -0.15) is 4.99 Å². The Bertz CT molecular complexity index is 925. The maximum Gasteiger partial charge on any atom is 0.248 e. The molecule has 2 aliphatic heterocycles. The van der Waals surface area contributed by atoms with Gasteiger partial charge < -0.3 is 9.64 Å². The summed E-state index contributed by atoms with van der Waals surface area (Å²) in [5.41, 5.74) is 0.843. The zero-order valence-corrected chi connectivity index (χ0v) is 19.8. The Morgan fingerprint density at radius 1 is 1.23 bits per heavy atom. The molecule has 0 spiro atoms. The number of ether oxygens (including phenoxy) is 1. The van der Waals surface area contributed by atoms with Crippen LogP contribution in [0.3, 0.4) is 0 Å². The van der Waals surface area contributed by atoms with Gasteiger partial charge in [0.2, 0.25) is 5.91 Å². The molecule has 1 amide bonds. The lowest BCUT2D eigenvalue weighted by Gasteiger charge is -2.25. The van der Waals surface area contributed by atoms with Crippen molar-refractivity contribution < 1.29 is 17.9 Å². The smallest absolute Gasteiger partial charge is 0.248 e. The van der Waals surface area contributed by atoms with Crippen LogP contribution >= 0.6 is 11.8 Å². The second-order valence-electron chi connectivity index (χ2n) is 8.87. The van der Waals surface area contributed by atoms with E-state index in [9.17, 15) is 13.2 Å². The molecule has 3 fully saturated rings. The summed E-state index contributed by atoms with van der Waals surface area (Å²) < 4.78 is 30.4. The lowest BCUT2D eigenvalue weighted by molar-refractivity contribution is -0.118. The molecule has 1 saturated carbocycles. The average molecular weight is 465 g/mol. The molecule has 2 saturated heterocycles. The largest absolute Gasteiger partial charge is 0.494 e. The minimum absolute atomic E-state index is 0.0856. The third-order valence-electron chi connectivity index (χ3n) is 6.34. The number of amidine groups is 1. The van der Waals surface area contributed by atoms with Crippen LogP contribution in [-0.2, 0) is 14.6 Å². The predicted octanol–water partition coefficient (Wildman–Crippen LogP) is 4.44. The van der Waals surface area contributed by atoms with Crippen LogP contribution in [0.2, 0.25) is 0 Å². The first-order valence-corrected chi connectivity index (χ1v) is 14.2. The first kappa shape index (κ1) is 22.6. The summed E-state index contributed by atoms with van der Waals surface area (Å²) in [6.45, 7) is 2.77. The highest BCUT2D eigenvalue weighted by molar-refractivity contribution is 8.16. The number of hydrogen-bond donors (Lipinski definition) is 0. The normalized spacial score (nSPS) is 26.9. The molecule has 8 heteroatoms. The van der Waals surface area contributed by atoms with Crippen molar-refractivity contribution in [1.82, 2.24) is 0 Å². The maximum absolute atomic E-state index is 12.8. The van der Waals surface area contributed by atoms with E-state index >= 15 is 0 Å². The maximum atomic E-state index is 12.8. The third-order valence-corrected chi connectivity index (χ3v) is 9.55. The highest BCUT2D eigenvalue weighted by Gasteiger charge is 2.49. The van der Waals surface area contributed by atoms with Gasteiger partial charge in [-0.15, -0.1) is 0 Å². The van der Waals surface area contributed by atoms with Gasteiger partial charge in [-0.05, 0) is 37.3 Å². The number of anilines is 1. The summed E-state index contributed by atoms with van der Waals surface area (Å²) in [5, 5.41) is 0.548. The highest BCUT2D eigenvalue weighted by atomic mass is 32.2. The van der Waals surface area contributed by atoms with Gasteiger partial charge in [0.1, 0.15) is 5.75 Å². The second-order valence-corrected chi connectivity index (χ2v) is 12.2. The molecule has 0 N–H and O–H groups in total. The zero-order valence-electron chi connectivity index (χ0n) is 18.2. The number of benzene rings is 1. The Balaban J connectivity index is 1.56. The predicted molar refractivity (Wildman–Crippen MR) is 127 cm³/mol. The number of unbranched alkanes of at least 4 members (excludes halogenated alkanes) is 1. The summed E-state index contributed by atoms with van der Waals surface area (Å²) in [7, 11) is -3.08. The second kappa shape index (κ2) is 9.94. The lowest BCUT2D eigenvalue weighted by atomic mass is 9.87. The van der Waals surface area contributed by atoms with Crippen LogP contribution in [0.15, 0.2) is 29.3 Å². The van der Waals surface area contributed by atoms with Crippen molar-refractivity contribution in [3.63, 3.8) is 0 Å². The molecule has 4 rings (SSSR count). The van der Waals surface area contributed by atoms with Crippen LogP contribution in [0.25, 0.3) is 0 Å². The van der Waals surface area contributed by atoms with Gasteiger partial charge in [0.05, 0.1) is 24.2 Å². The molecule has 6 nitrogen and oxygen atoms in total. The van der Waals surface area contributed by atoms with E-state index < -0.39 is 9.84 Å². The summed E-state index contributed by atoms with van der Waals surface area (Å²) in [6, 6.07) is 7.52. The van der Waals surface area contributed by atoms with Crippen molar-refractivity contribution in [2.75, 3.05) is 23.0 Å². The third kappa shape index (κ3) is 5.64. The zero-order chi connectivity index (χ0) is 21.8. The minimum atomic E-state index is -3.08. The molecule has 1 aromatic rings. The first-order chi connectivity index (χ1) is 14.9. The summed E-state index contributed by atoms with van der Waals surface area (Å²) in [5.74, 6) is 1.34. The molecular formula is C23H32N2O4S2. The molecule has 0 aromatic heterocycles. The van der Waals surface area contributed by atoms with Crippen molar-refractivity contribution in [3.05, 3.63) is 24.3 Å². The van der Waals surface area contributed by atoms with E-state index in [-0.39, 0.29) is 28.7 Å². The van der Waals surface area contributed by atoms with Gasteiger partial charge in [0, 0.05) is 23.4 Å². The monoisotopic (exact) mass is 464 g/mol. The number of sulfone groups is 1. The molecule has 170 valence electrons. The van der Waals surface area contributed by atoms with Gasteiger partial charge in [-0.3, -0.25) is 4.79 Å². The van der Waals surface area contributed by atoms with Gasteiger partial charge in [0.15, 0.2) is 15.0 Å². The van der Waals surface area contributed by atoms with Gasteiger partial charge in [0.25, 0.3) is 0 Å². The first-order valence-electron chi connectivity index (χ1n) is 11.5. The van der Waals surface area contributed by atoms with E-state index in [1.54, 1.807) is 0 Å². The number of hydrogen-bond acceptors (Lipinski definition) is 5. The minimum Gasteiger partial charge on any atom is -0.494 e. The van der Waals surface area contributed by atoms with Crippen LogP contribution < -0.4 is 9.64 Å². The van der Waals surface area contributed by atoms with E-state index in [4.69, 9.17) is 4.74 Å². The molecule has 0 bridgehead atoms. The van der Waals surface area contributed by atoms with Gasteiger partial charge >= 0.3 is 0 Å². The molecule has 0 radical (unpaired) electrons. The number of carbonyl (C=O) groups is 1. The number of thioether (sulfide) groups is 1. The van der Waals surface area contributed by atoms with Crippen molar-refractivity contribution in [2.24, 2.45) is 10.9 Å². The molecular weight excluding hydrogens is 432 g/mol. The van der Waals surface area contributed by atoms with E-state index in [0.29, 0.717) is 24.1 Å². The molecule has 31 heavy (non-hydrogen) atoms. The van der Waals surface area contributed by atoms with Crippen molar-refractivity contribution >= 4 is 38.4 Å². The molecule has 2 atom stereocenters. The Hall–Kier alpha value is -1.54. The van der Waals surface area contributed by atoms with E-state index in [1.807, 2.05) is 29.2 Å². The fourth-order valence-corrected chi connectivity index (χ4v) is 8.65. The summed E-state index contributed by atoms with van der Waals surface area (Å²) >= 11 is 1.44. The summed E-state index contributed by atoms with van der Waals surface area (Å²) in [6.07, 6.45) is 8.40. The molecule has 3 aliphatic rings. The van der Waals surface area contributed by atoms with Gasteiger partial charge in [-0.25, -0.2) is 8.42 Å². The van der Waals surface area contributed by atoms with Crippen molar-refractivity contribution in [3.8, 4) is 5.75 Å². The lowest BCUT2D eigenvalue weighted by Crippen LogP contribution is -2.37. The Labute approximate surface area is 189 Å². The standard InChI is InChI=1S/C23H32N2O4S2/c1-2-3-12-29-19-11-7-10-18(14-19)25-20-15-31(27,28)16-21(20)30-23(25)24-22(26)13-17-8-5-4-6-9-17/h7,10-11,14,17,20-21H,2-6,8-9,12-13,15-16H2,1H3/t20-,21-/m1/s1. The van der Waals surface area contributed by atoms with Gasteiger partial charge in [-0.1, -0.05) is 50.4 Å². The quantitative estimate of drug-likeness (QED) is 0.556.